The maximum Gasteiger partial charge on any atom is 0.472 e. The van der Waals surface area contributed by atoms with Crippen molar-refractivity contribution in [1.29, 1.82) is 0 Å². The first kappa shape index (κ1) is 56.8. The smallest absolute Gasteiger partial charge is 0.462 e. The maximum absolute atomic E-state index is 12.8. The quantitative estimate of drug-likeness (QED) is 0.0148. The fourth-order valence-corrected chi connectivity index (χ4v) is 7.90. The topological polar surface area (TPSA) is 210 Å². The van der Waals surface area contributed by atoms with Crippen LogP contribution in [0.15, 0.2) is 48.6 Å². The molecule has 0 saturated heterocycles. The number of rotatable bonds is 38. The minimum atomic E-state index is -5.13. The molecule has 13 nitrogen and oxygen atoms in total. The van der Waals surface area contributed by atoms with Crippen molar-refractivity contribution in [1.82, 2.24) is 0 Å². The van der Waals surface area contributed by atoms with Crippen LogP contribution in [0.3, 0.4) is 0 Å². The lowest BCUT2D eigenvalue weighted by atomic mass is 9.85. The van der Waals surface area contributed by atoms with Crippen molar-refractivity contribution in [3.63, 3.8) is 0 Å². The summed E-state index contributed by atoms with van der Waals surface area (Å²) < 4.78 is 33.5. The highest BCUT2D eigenvalue weighted by Crippen LogP contribution is 2.47. The molecule has 0 radical (unpaired) electrons. The lowest BCUT2D eigenvalue weighted by Gasteiger charge is -2.41. The third kappa shape index (κ3) is 29.7. The summed E-state index contributed by atoms with van der Waals surface area (Å²) in [5, 5.41) is 50.1. The number of aliphatic hydroxyl groups excluding tert-OH is 5. The molecule has 1 saturated carbocycles. The molecule has 6 unspecified atom stereocenters. The Morgan fingerprint density at radius 1 is 0.525 bits per heavy atom. The first-order valence-corrected chi connectivity index (χ1v) is 24.9. The van der Waals surface area contributed by atoms with Crippen molar-refractivity contribution in [3.8, 4) is 0 Å². The standard InChI is InChI=1S/C47H83O13P/c1-3-5-7-9-11-13-15-17-19-20-22-24-26-28-30-32-34-36-41(49)59-39(38-58-61(55,56)60-47-45(53)43(51)42(50)44(52)46(47)54)37-57-40(48)35-33-31-29-27-25-23-21-18-16-14-12-10-8-6-4-2/h6,8,12,14,18,21,25,27,39,42-47,50-54H,3-5,7,9-11,13,15-17,19-20,22-24,26,28-38H2,1-2H3,(H,55,56)/b8-6+,14-12+,21-18+,27-25+/t39-,42?,43+,44?,45?,46?,47?/m1/s1. The predicted molar refractivity (Wildman–Crippen MR) is 239 cm³/mol. The summed E-state index contributed by atoms with van der Waals surface area (Å²) in [5.74, 6) is -1.15. The summed E-state index contributed by atoms with van der Waals surface area (Å²) >= 11 is 0. The number of allylic oxidation sites excluding steroid dienone is 8. The first-order valence-electron chi connectivity index (χ1n) is 23.4. The molecule has 61 heavy (non-hydrogen) atoms. The van der Waals surface area contributed by atoms with Gasteiger partial charge < -0.3 is 39.9 Å². The van der Waals surface area contributed by atoms with Crippen LogP contribution in [0.4, 0.5) is 0 Å². The second-order valence-corrected chi connectivity index (χ2v) is 17.6. The molecular formula is C47H83O13P. The summed E-state index contributed by atoms with van der Waals surface area (Å²) in [7, 11) is -5.13. The summed E-state index contributed by atoms with van der Waals surface area (Å²) in [6.45, 7) is 3.16. The van der Waals surface area contributed by atoms with E-state index in [0.29, 0.717) is 12.8 Å². The minimum absolute atomic E-state index is 0.0895. The van der Waals surface area contributed by atoms with E-state index in [0.717, 1.165) is 64.2 Å². The highest BCUT2D eigenvalue weighted by Gasteiger charge is 2.51. The predicted octanol–water partition coefficient (Wildman–Crippen LogP) is 9.17. The van der Waals surface area contributed by atoms with Gasteiger partial charge in [0.2, 0.25) is 0 Å². The Morgan fingerprint density at radius 3 is 1.43 bits per heavy atom. The molecule has 1 aliphatic carbocycles. The van der Waals surface area contributed by atoms with Gasteiger partial charge in [-0.15, -0.1) is 0 Å². The minimum Gasteiger partial charge on any atom is -0.462 e. The van der Waals surface area contributed by atoms with E-state index in [4.69, 9.17) is 18.5 Å². The molecule has 1 rings (SSSR count). The number of phosphoric ester groups is 1. The second-order valence-electron chi connectivity index (χ2n) is 16.2. The lowest BCUT2D eigenvalue weighted by Crippen LogP contribution is -2.64. The molecule has 0 aromatic carbocycles. The number of phosphoric acid groups is 1. The van der Waals surface area contributed by atoms with Gasteiger partial charge in [0.25, 0.3) is 0 Å². The molecule has 0 aromatic rings. The third-order valence-electron chi connectivity index (χ3n) is 10.7. The molecule has 0 bridgehead atoms. The summed E-state index contributed by atoms with van der Waals surface area (Å²) in [5.41, 5.74) is 0. The lowest BCUT2D eigenvalue weighted by molar-refractivity contribution is -0.220. The van der Waals surface area contributed by atoms with E-state index in [1.807, 2.05) is 0 Å². The fourth-order valence-electron chi connectivity index (χ4n) is 6.93. The van der Waals surface area contributed by atoms with Gasteiger partial charge in [-0.2, -0.15) is 0 Å². The van der Waals surface area contributed by atoms with Crippen molar-refractivity contribution in [2.24, 2.45) is 0 Å². The van der Waals surface area contributed by atoms with E-state index in [1.54, 1.807) is 0 Å². The van der Waals surface area contributed by atoms with Gasteiger partial charge in [-0.3, -0.25) is 18.6 Å². The normalized spacial score (nSPS) is 22.4. The molecule has 0 spiro atoms. The monoisotopic (exact) mass is 887 g/mol. The molecule has 0 aliphatic heterocycles. The van der Waals surface area contributed by atoms with Gasteiger partial charge in [-0.25, -0.2) is 4.57 Å². The Balaban J connectivity index is 2.47. The van der Waals surface area contributed by atoms with Crippen LogP contribution in [0.25, 0.3) is 0 Å². The van der Waals surface area contributed by atoms with E-state index in [2.05, 4.69) is 62.5 Å². The Hall–Kier alpha value is -2.19. The molecular weight excluding hydrogens is 803 g/mol. The number of hydrogen-bond acceptors (Lipinski definition) is 12. The van der Waals surface area contributed by atoms with Crippen molar-refractivity contribution in [2.45, 2.75) is 224 Å². The van der Waals surface area contributed by atoms with Gasteiger partial charge in [0.1, 0.15) is 43.2 Å². The van der Waals surface area contributed by atoms with Crippen LogP contribution in [0, 0.1) is 0 Å². The van der Waals surface area contributed by atoms with E-state index < -0.39 is 75.7 Å². The molecule has 0 heterocycles. The Kier molecular flexibility index (Phi) is 34.7. The van der Waals surface area contributed by atoms with Gasteiger partial charge in [0.05, 0.1) is 6.61 Å². The van der Waals surface area contributed by atoms with Crippen LogP contribution >= 0.6 is 7.82 Å². The van der Waals surface area contributed by atoms with Gasteiger partial charge >= 0.3 is 19.8 Å². The number of carbonyl (C=O) groups excluding carboxylic acids is 2. The van der Waals surface area contributed by atoms with Crippen molar-refractivity contribution in [2.75, 3.05) is 13.2 Å². The van der Waals surface area contributed by atoms with Gasteiger partial charge in [0.15, 0.2) is 6.10 Å². The summed E-state index contributed by atoms with van der Waals surface area (Å²) in [6.07, 6.45) is 30.3. The van der Waals surface area contributed by atoms with Crippen molar-refractivity contribution >= 4 is 19.8 Å². The SMILES string of the molecule is CC/C=C/C/C=C/C/C=C/C/C=C/CCCCC(=O)OC[C@H](COP(=O)(O)OC1C(O)C(O)C(O)[C@H](O)C1O)OC(=O)CCCCCCCCCCCCCCCCCCC. The van der Waals surface area contributed by atoms with Crippen LogP contribution in [-0.4, -0.2) is 98.3 Å². The second kappa shape index (κ2) is 37.2. The summed E-state index contributed by atoms with van der Waals surface area (Å²) in [4.78, 5) is 35.7. The molecule has 1 fully saturated rings. The molecule has 14 heteroatoms. The summed E-state index contributed by atoms with van der Waals surface area (Å²) in [6, 6.07) is 0. The van der Waals surface area contributed by atoms with Gasteiger partial charge in [0, 0.05) is 12.8 Å². The first-order chi connectivity index (χ1) is 29.4. The van der Waals surface area contributed by atoms with Crippen LogP contribution in [0.1, 0.15) is 181 Å². The molecule has 1 aliphatic rings. The maximum atomic E-state index is 12.8. The van der Waals surface area contributed by atoms with Crippen molar-refractivity contribution in [3.05, 3.63) is 48.6 Å². The zero-order valence-corrected chi connectivity index (χ0v) is 38.3. The molecule has 0 aromatic heterocycles. The number of carbonyl (C=O) groups is 2. The number of unbranched alkanes of at least 4 members (excludes halogenated alkanes) is 18. The van der Waals surface area contributed by atoms with Crippen LogP contribution in [0.2, 0.25) is 0 Å². The Morgan fingerprint density at radius 2 is 0.934 bits per heavy atom. The molecule has 354 valence electrons. The van der Waals surface area contributed by atoms with Crippen LogP contribution in [0.5, 0.6) is 0 Å². The molecule has 8 atom stereocenters. The van der Waals surface area contributed by atoms with Gasteiger partial charge in [-0.1, -0.05) is 165 Å². The Bertz CT molecular complexity index is 1250. The van der Waals surface area contributed by atoms with E-state index in [9.17, 15) is 44.6 Å². The third-order valence-corrected chi connectivity index (χ3v) is 11.7. The largest absolute Gasteiger partial charge is 0.472 e. The molecule has 0 amide bonds. The fraction of sp³-hybridized carbons (Fsp3) is 0.787. The number of ether oxygens (including phenoxy) is 2. The Labute approximate surface area is 367 Å². The number of hydrogen-bond donors (Lipinski definition) is 6. The van der Waals surface area contributed by atoms with Gasteiger partial charge in [-0.05, 0) is 51.4 Å². The zero-order chi connectivity index (χ0) is 45.0. The number of aliphatic hydroxyl groups is 5. The van der Waals surface area contributed by atoms with E-state index in [-0.39, 0.29) is 12.8 Å². The number of esters is 2. The van der Waals surface area contributed by atoms with E-state index in [1.165, 1.54) is 77.0 Å². The van der Waals surface area contributed by atoms with Crippen LogP contribution < -0.4 is 0 Å². The van der Waals surface area contributed by atoms with E-state index >= 15 is 0 Å². The average Bonchev–Trinajstić information content (AvgIpc) is 3.24. The average molecular weight is 887 g/mol. The van der Waals surface area contributed by atoms with Crippen LogP contribution in [-0.2, 0) is 32.7 Å². The van der Waals surface area contributed by atoms with Crippen molar-refractivity contribution < 1.29 is 63.1 Å². The highest BCUT2D eigenvalue weighted by molar-refractivity contribution is 7.47. The molecule has 6 N–H and O–H groups in total. The zero-order valence-electron chi connectivity index (χ0n) is 37.4. The highest BCUT2D eigenvalue weighted by atomic mass is 31.2.